The monoisotopic (exact) mass is 328 g/mol. The van der Waals surface area contributed by atoms with Crippen LogP contribution in [0.5, 0.6) is 5.75 Å². The quantitative estimate of drug-likeness (QED) is 0.900. The molecule has 19 heavy (non-hydrogen) atoms. The average molecular weight is 329 g/mol. The highest BCUT2D eigenvalue weighted by atomic mass is 79.9. The van der Waals surface area contributed by atoms with Gasteiger partial charge >= 0.3 is 0 Å². The fourth-order valence-electron chi connectivity index (χ4n) is 1.85. The molecule has 0 spiro atoms. The lowest BCUT2D eigenvalue weighted by Crippen LogP contribution is -2.42. The standard InChI is InChI=1S/C13H17BrN2O3/c14-12-2-1-11(7-10(12)8-15)19-9-13(17)16-3-5-18-6-4-16/h1-2,7H,3-6,8-9,15H2. The van der Waals surface area contributed by atoms with Gasteiger partial charge in [0.05, 0.1) is 13.2 Å². The maximum Gasteiger partial charge on any atom is 0.260 e. The molecule has 2 rings (SSSR count). The van der Waals surface area contributed by atoms with E-state index in [4.69, 9.17) is 15.2 Å². The average Bonchev–Trinajstić information content (AvgIpc) is 2.47. The van der Waals surface area contributed by atoms with Crippen molar-refractivity contribution < 1.29 is 14.3 Å². The zero-order valence-corrected chi connectivity index (χ0v) is 12.2. The molecule has 1 aliphatic rings. The first-order chi connectivity index (χ1) is 9.20. The van der Waals surface area contributed by atoms with Crippen LogP contribution in [0, 0.1) is 0 Å². The number of nitrogens with two attached hydrogens (primary N) is 1. The van der Waals surface area contributed by atoms with E-state index in [0.29, 0.717) is 38.6 Å². The predicted molar refractivity (Wildman–Crippen MR) is 74.9 cm³/mol. The van der Waals surface area contributed by atoms with Crippen molar-refractivity contribution in [3.63, 3.8) is 0 Å². The number of hydrogen-bond acceptors (Lipinski definition) is 4. The van der Waals surface area contributed by atoms with E-state index in [1.165, 1.54) is 0 Å². The lowest BCUT2D eigenvalue weighted by Gasteiger charge is -2.26. The van der Waals surface area contributed by atoms with Gasteiger partial charge in [-0.05, 0) is 23.8 Å². The number of benzene rings is 1. The van der Waals surface area contributed by atoms with E-state index in [2.05, 4.69) is 15.9 Å². The Morgan fingerprint density at radius 2 is 2.16 bits per heavy atom. The van der Waals surface area contributed by atoms with Gasteiger partial charge in [-0.2, -0.15) is 0 Å². The Bertz CT molecular complexity index is 448. The molecule has 2 N–H and O–H groups in total. The van der Waals surface area contributed by atoms with Crippen molar-refractivity contribution in [3.05, 3.63) is 28.2 Å². The minimum atomic E-state index is -0.0134. The molecule has 5 nitrogen and oxygen atoms in total. The molecule has 1 aliphatic heterocycles. The summed E-state index contributed by atoms with van der Waals surface area (Å²) in [6, 6.07) is 5.53. The number of carbonyl (C=O) groups excluding carboxylic acids is 1. The van der Waals surface area contributed by atoms with E-state index in [1.54, 1.807) is 4.90 Å². The van der Waals surface area contributed by atoms with E-state index in [0.717, 1.165) is 10.0 Å². The lowest BCUT2D eigenvalue weighted by atomic mass is 10.2. The minimum absolute atomic E-state index is 0.0134. The number of morpholine rings is 1. The van der Waals surface area contributed by atoms with Crippen LogP contribution in [0.4, 0.5) is 0 Å². The summed E-state index contributed by atoms with van der Waals surface area (Å²) in [4.78, 5) is 13.7. The second-order valence-electron chi connectivity index (χ2n) is 4.24. The maximum absolute atomic E-state index is 11.9. The molecule has 1 amide bonds. The van der Waals surface area contributed by atoms with Crippen LogP contribution >= 0.6 is 15.9 Å². The smallest absolute Gasteiger partial charge is 0.260 e. The van der Waals surface area contributed by atoms with E-state index in [-0.39, 0.29) is 12.5 Å². The summed E-state index contributed by atoms with van der Waals surface area (Å²) < 4.78 is 11.7. The molecule has 0 aliphatic carbocycles. The number of amides is 1. The van der Waals surface area contributed by atoms with Gasteiger partial charge in [0.2, 0.25) is 0 Å². The fourth-order valence-corrected chi connectivity index (χ4v) is 2.25. The van der Waals surface area contributed by atoms with Gasteiger partial charge in [0.1, 0.15) is 5.75 Å². The summed E-state index contributed by atoms with van der Waals surface area (Å²) in [7, 11) is 0. The summed E-state index contributed by atoms with van der Waals surface area (Å²) in [5.41, 5.74) is 6.57. The van der Waals surface area contributed by atoms with Gasteiger partial charge in [0.25, 0.3) is 5.91 Å². The molecule has 1 heterocycles. The first-order valence-electron chi connectivity index (χ1n) is 6.17. The third kappa shape index (κ3) is 3.92. The molecule has 1 saturated heterocycles. The Kier molecular flexibility index (Phi) is 5.18. The van der Waals surface area contributed by atoms with Crippen molar-refractivity contribution in [3.8, 4) is 5.75 Å². The maximum atomic E-state index is 11.9. The van der Waals surface area contributed by atoms with Crippen LogP contribution in [0.1, 0.15) is 5.56 Å². The van der Waals surface area contributed by atoms with Crippen molar-refractivity contribution in [2.24, 2.45) is 5.73 Å². The number of rotatable bonds is 4. The van der Waals surface area contributed by atoms with E-state index in [9.17, 15) is 4.79 Å². The highest BCUT2D eigenvalue weighted by Gasteiger charge is 2.17. The fraction of sp³-hybridized carbons (Fsp3) is 0.462. The second-order valence-corrected chi connectivity index (χ2v) is 5.09. The van der Waals surface area contributed by atoms with Crippen molar-refractivity contribution in [1.82, 2.24) is 4.90 Å². The molecule has 0 bridgehead atoms. The van der Waals surface area contributed by atoms with Crippen LogP contribution in [-0.2, 0) is 16.1 Å². The highest BCUT2D eigenvalue weighted by molar-refractivity contribution is 9.10. The molecular formula is C13H17BrN2O3. The number of carbonyl (C=O) groups is 1. The van der Waals surface area contributed by atoms with Gasteiger partial charge in [-0.15, -0.1) is 0 Å². The van der Waals surface area contributed by atoms with Crippen LogP contribution in [0.25, 0.3) is 0 Å². The Hall–Kier alpha value is -1.11. The molecule has 1 fully saturated rings. The Labute approximate surface area is 120 Å². The number of halogens is 1. The largest absolute Gasteiger partial charge is 0.484 e. The van der Waals surface area contributed by atoms with Crippen molar-refractivity contribution >= 4 is 21.8 Å². The molecule has 104 valence electrons. The summed E-state index contributed by atoms with van der Waals surface area (Å²) in [5.74, 6) is 0.644. The Morgan fingerprint density at radius 3 is 2.84 bits per heavy atom. The van der Waals surface area contributed by atoms with Gasteiger partial charge in [-0.1, -0.05) is 15.9 Å². The summed E-state index contributed by atoms with van der Waals surface area (Å²) in [6.45, 7) is 2.94. The van der Waals surface area contributed by atoms with Gasteiger partial charge < -0.3 is 20.1 Å². The zero-order valence-electron chi connectivity index (χ0n) is 10.6. The van der Waals surface area contributed by atoms with Crippen LogP contribution in [-0.4, -0.2) is 43.7 Å². The second kappa shape index (κ2) is 6.88. The molecule has 0 atom stereocenters. The molecule has 0 saturated carbocycles. The summed E-state index contributed by atoms with van der Waals surface area (Å²) >= 11 is 3.41. The zero-order chi connectivity index (χ0) is 13.7. The van der Waals surface area contributed by atoms with Crippen LogP contribution in [0.3, 0.4) is 0 Å². The number of nitrogens with zero attached hydrogens (tertiary/aromatic N) is 1. The first-order valence-corrected chi connectivity index (χ1v) is 6.97. The SMILES string of the molecule is NCc1cc(OCC(=O)N2CCOCC2)ccc1Br. The number of hydrogen-bond donors (Lipinski definition) is 1. The van der Waals surface area contributed by atoms with E-state index in [1.807, 2.05) is 18.2 Å². The Morgan fingerprint density at radius 1 is 1.42 bits per heavy atom. The molecule has 1 aromatic carbocycles. The molecular weight excluding hydrogens is 312 g/mol. The van der Waals surface area contributed by atoms with Gasteiger partial charge in [-0.25, -0.2) is 0 Å². The van der Waals surface area contributed by atoms with E-state index >= 15 is 0 Å². The highest BCUT2D eigenvalue weighted by Crippen LogP contribution is 2.22. The molecule has 0 radical (unpaired) electrons. The third-order valence-corrected chi connectivity index (χ3v) is 3.74. The predicted octanol–water partition coefficient (Wildman–Crippen LogP) is 1.15. The van der Waals surface area contributed by atoms with Gasteiger partial charge in [0, 0.05) is 24.1 Å². The minimum Gasteiger partial charge on any atom is -0.484 e. The third-order valence-electron chi connectivity index (χ3n) is 2.96. The summed E-state index contributed by atoms with van der Waals surface area (Å²) in [5, 5.41) is 0. The number of ether oxygens (including phenoxy) is 2. The van der Waals surface area contributed by atoms with Gasteiger partial charge in [0.15, 0.2) is 6.61 Å². The van der Waals surface area contributed by atoms with Crippen molar-refractivity contribution in [2.75, 3.05) is 32.9 Å². The molecule has 0 unspecified atom stereocenters. The Balaban J connectivity index is 1.89. The van der Waals surface area contributed by atoms with Crippen molar-refractivity contribution in [1.29, 1.82) is 0 Å². The molecule has 6 heteroatoms. The molecule has 1 aromatic rings. The van der Waals surface area contributed by atoms with Crippen molar-refractivity contribution in [2.45, 2.75) is 6.54 Å². The summed E-state index contributed by atoms with van der Waals surface area (Å²) in [6.07, 6.45) is 0. The normalized spacial score (nSPS) is 15.4. The first kappa shape index (κ1) is 14.3. The van der Waals surface area contributed by atoms with Gasteiger partial charge in [-0.3, -0.25) is 4.79 Å². The van der Waals surface area contributed by atoms with Crippen LogP contribution < -0.4 is 10.5 Å². The topological polar surface area (TPSA) is 64.8 Å². The van der Waals surface area contributed by atoms with Crippen LogP contribution in [0.15, 0.2) is 22.7 Å². The lowest BCUT2D eigenvalue weighted by molar-refractivity contribution is -0.137. The van der Waals surface area contributed by atoms with E-state index < -0.39 is 0 Å². The molecule has 0 aromatic heterocycles. The van der Waals surface area contributed by atoms with Crippen LogP contribution in [0.2, 0.25) is 0 Å².